The van der Waals surface area contributed by atoms with Gasteiger partial charge in [-0.25, -0.2) is 0 Å². The van der Waals surface area contributed by atoms with Crippen LogP contribution in [0.1, 0.15) is 5.56 Å². The Hall–Kier alpha value is -0.280. The summed E-state index contributed by atoms with van der Waals surface area (Å²) in [5, 5.41) is 0. The molecule has 78 valence electrons. The third-order valence-electron chi connectivity index (χ3n) is 2.07. The van der Waals surface area contributed by atoms with Crippen LogP contribution in [0.4, 0.5) is 0 Å². The maximum atomic E-state index is 5.85. The van der Waals surface area contributed by atoms with Crippen molar-refractivity contribution in [2.24, 2.45) is 0 Å². The second-order valence-electron chi connectivity index (χ2n) is 2.74. The number of alkyl halides is 2. The van der Waals surface area contributed by atoms with E-state index in [9.17, 15) is 0 Å². The first kappa shape index (κ1) is 11.8. The smallest absolute Gasteiger partial charge is 0.225 e. The summed E-state index contributed by atoms with van der Waals surface area (Å²) in [5.74, 6) is -1.09. The van der Waals surface area contributed by atoms with Crippen LogP contribution in [-0.2, 0) is 15.3 Å². The number of halogens is 2. The predicted octanol–water partition coefficient (Wildman–Crippen LogP) is 2.94. The maximum absolute atomic E-state index is 5.85. The van der Waals surface area contributed by atoms with Gasteiger partial charge in [0.2, 0.25) is 5.79 Å². The molecule has 0 fully saturated rings. The molecule has 0 heterocycles. The van der Waals surface area contributed by atoms with Crippen LogP contribution in [0.5, 0.6) is 0 Å². The molecule has 1 aromatic carbocycles. The van der Waals surface area contributed by atoms with Crippen molar-refractivity contribution in [3.05, 3.63) is 35.9 Å². The number of rotatable bonds is 4. The van der Waals surface area contributed by atoms with Crippen molar-refractivity contribution in [3.63, 3.8) is 0 Å². The molecule has 0 amide bonds. The van der Waals surface area contributed by atoms with Crippen LogP contribution in [-0.4, -0.2) is 19.1 Å². The van der Waals surface area contributed by atoms with Crippen molar-refractivity contribution in [1.82, 2.24) is 0 Å². The minimum atomic E-state index is -1.09. The average molecular weight is 235 g/mol. The summed E-state index contributed by atoms with van der Waals surface area (Å²) >= 11 is 11.7. The lowest BCUT2D eigenvalue weighted by Gasteiger charge is -2.32. The zero-order chi connectivity index (χ0) is 10.6. The fraction of sp³-hybridized carbons (Fsp3) is 0.400. The summed E-state index contributed by atoms with van der Waals surface area (Å²) in [5.41, 5.74) is 0.792. The van der Waals surface area contributed by atoms with Gasteiger partial charge < -0.3 is 9.47 Å². The number of hydrogen-bond donors (Lipinski definition) is 0. The van der Waals surface area contributed by atoms with Gasteiger partial charge in [-0.3, -0.25) is 0 Å². The summed E-state index contributed by atoms with van der Waals surface area (Å²) in [4.78, 5) is -0.792. The molecule has 0 N–H and O–H groups in total. The molecule has 4 heteroatoms. The molecular formula is C10H12Cl2O2. The number of benzene rings is 1. The fourth-order valence-electron chi connectivity index (χ4n) is 1.29. The van der Waals surface area contributed by atoms with E-state index in [1.54, 1.807) is 0 Å². The maximum Gasteiger partial charge on any atom is 0.225 e. The topological polar surface area (TPSA) is 18.5 Å². The largest absolute Gasteiger partial charge is 0.347 e. The molecule has 0 saturated heterocycles. The van der Waals surface area contributed by atoms with Gasteiger partial charge in [-0.1, -0.05) is 53.5 Å². The monoisotopic (exact) mass is 234 g/mol. The van der Waals surface area contributed by atoms with Crippen molar-refractivity contribution < 1.29 is 9.47 Å². The summed E-state index contributed by atoms with van der Waals surface area (Å²) in [6.07, 6.45) is 0. The zero-order valence-corrected chi connectivity index (χ0v) is 9.55. The van der Waals surface area contributed by atoms with Crippen LogP contribution < -0.4 is 0 Å². The van der Waals surface area contributed by atoms with E-state index in [1.807, 2.05) is 30.3 Å². The van der Waals surface area contributed by atoms with Gasteiger partial charge in [-0.05, 0) is 0 Å². The second-order valence-corrected chi connectivity index (χ2v) is 3.84. The average Bonchev–Trinajstić information content (AvgIpc) is 2.22. The van der Waals surface area contributed by atoms with Gasteiger partial charge in [0, 0.05) is 19.8 Å². The molecule has 2 nitrogen and oxygen atoms in total. The van der Waals surface area contributed by atoms with Gasteiger partial charge in [0.1, 0.15) is 0 Å². The normalized spacial score (nSPS) is 12.1. The Morgan fingerprint density at radius 1 is 1.07 bits per heavy atom. The predicted molar refractivity (Wildman–Crippen MR) is 57.6 cm³/mol. The highest BCUT2D eigenvalue weighted by molar-refractivity contribution is 6.45. The van der Waals surface area contributed by atoms with E-state index in [0.29, 0.717) is 0 Å². The molecule has 0 spiro atoms. The van der Waals surface area contributed by atoms with Crippen molar-refractivity contribution in [2.75, 3.05) is 14.2 Å². The standard InChI is InChI=1S/C10H12Cl2O2/c1-13-10(14-2,9(11)12)8-6-4-3-5-7-8/h3-7,9H,1-2H3. The SMILES string of the molecule is COC(OC)(c1ccccc1)C(Cl)Cl. The Kier molecular flexibility index (Phi) is 4.20. The first-order chi connectivity index (χ1) is 6.67. The third-order valence-corrected chi connectivity index (χ3v) is 2.64. The molecule has 0 atom stereocenters. The van der Waals surface area contributed by atoms with E-state index in [-0.39, 0.29) is 0 Å². The summed E-state index contributed by atoms with van der Waals surface area (Å²) in [7, 11) is 3.02. The van der Waals surface area contributed by atoms with E-state index in [4.69, 9.17) is 32.7 Å². The highest BCUT2D eigenvalue weighted by atomic mass is 35.5. The third kappa shape index (κ3) is 2.04. The first-order valence-electron chi connectivity index (χ1n) is 4.11. The Balaban J connectivity index is 3.11. The molecule has 0 unspecified atom stereocenters. The Bertz CT molecular complexity index is 271. The van der Waals surface area contributed by atoms with Crippen LogP contribution in [0.15, 0.2) is 30.3 Å². The molecule has 0 aliphatic heterocycles. The number of hydrogen-bond acceptors (Lipinski definition) is 2. The van der Waals surface area contributed by atoms with Crippen LogP contribution >= 0.6 is 23.2 Å². The minimum Gasteiger partial charge on any atom is -0.347 e. The lowest BCUT2D eigenvalue weighted by Crippen LogP contribution is -2.37. The Morgan fingerprint density at radius 2 is 1.57 bits per heavy atom. The molecular weight excluding hydrogens is 223 g/mol. The van der Waals surface area contributed by atoms with E-state index < -0.39 is 10.6 Å². The Morgan fingerprint density at radius 3 is 1.93 bits per heavy atom. The number of ether oxygens (including phenoxy) is 2. The molecule has 0 aliphatic rings. The minimum absolute atomic E-state index is 0.792. The van der Waals surface area contributed by atoms with E-state index in [2.05, 4.69) is 0 Å². The molecule has 0 aromatic heterocycles. The summed E-state index contributed by atoms with van der Waals surface area (Å²) in [6, 6.07) is 9.35. The second kappa shape index (κ2) is 4.99. The quantitative estimate of drug-likeness (QED) is 0.590. The lowest BCUT2D eigenvalue weighted by atomic mass is 10.1. The van der Waals surface area contributed by atoms with Gasteiger partial charge in [-0.15, -0.1) is 0 Å². The van der Waals surface area contributed by atoms with Crippen molar-refractivity contribution >= 4 is 23.2 Å². The van der Waals surface area contributed by atoms with E-state index in [0.717, 1.165) is 5.56 Å². The van der Waals surface area contributed by atoms with Crippen LogP contribution in [0.3, 0.4) is 0 Å². The molecule has 0 saturated carbocycles. The van der Waals surface area contributed by atoms with Gasteiger partial charge in [0.25, 0.3) is 0 Å². The molecule has 1 aromatic rings. The van der Waals surface area contributed by atoms with Crippen molar-refractivity contribution in [2.45, 2.75) is 10.6 Å². The van der Waals surface area contributed by atoms with Crippen molar-refractivity contribution in [1.29, 1.82) is 0 Å². The van der Waals surface area contributed by atoms with Crippen LogP contribution in [0.25, 0.3) is 0 Å². The molecule has 14 heavy (non-hydrogen) atoms. The molecule has 1 rings (SSSR count). The van der Waals surface area contributed by atoms with Gasteiger partial charge in [0.15, 0.2) is 4.84 Å². The van der Waals surface area contributed by atoms with Crippen LogP contribution in [0, 0.1) is 0 Å². The fourth-order valence-corrected chi connectivity index (χ4v) is 1.90. The van der Waals surface area contributed by atoms with Gasteiger partial charge in [0.05, 0.1) is 0 Å². The van der Waals surface area contributed by atoms with E-state index in [1.165, 1.54) is 14.2 Å². The highest BCUT2D eigenvalue weighted by Gasteiger charge is 2.39. The highest BCUT2D eigenvalue weighted by Crippen LogP contribution is 2.35. The first-order valence-corrected chi connectivity index (χ1v) is 4.98. The number of methoxy groups -OCH3 is 2. The molecule has 0 radical (unpaired) electrons. The van der Waals surface area contributed by atoms with Crippen molar-refractivity contribution in [3.8, 4) is 0 Å². The summed E-state index contributed by atoms with van der Waals surface area (Å²) < 4.78 is 10.5. The molecule has 0 bridgehead atoms. The van der Waals surface area contributed by atoms with E-state index >= 15 is 0 Å². The molecule has 0 aliphatic carbocycles. The van der Waals surface area contributed by atoms with Gasteiger partial charge >= 0.3 is 0 Å². The zero-order valence-electron chi connectivity index (χ0n) is 8.04. The Labute approximate surface area is 93.7 Å². The summed E-state index contributed by atoms with van der Waals surface area (Å²) in [6.45, 7) is 0. The lowest BCUT2D eigenvalue weighted by molar-refractivity contribution is -0.205. The van der Waals surface area contributed by atoms with Gasteiger partial charge in [-0.2, -0.15) is 0 Å². The van der Waals surface area contributed by atoms with Crippen LogP contribution in [0.2, 0.25) is 0 Å².